The van der Waals surface area contributed by atoms with E-state index >= 15 is 0 Å². The van der Waals surface area contributed by atoms with Crippen LogP contribution in [0.3, 0.4) is 0 Å². The van der Waals surface area contributed by atoms with E-state index in [0.717, 1.165) is 25.0 Å². The van der Waals surface area contributed by atoms with Crippen LogP contribution >= 0.6 is 12.4 Å². The maximum absolute atomic E-state index is 11.8. The van der Waals surface area contributed by atoms with E-state index in [1.807, 2.05) is 30.3 Å². The third-order valence-corrected chi connectivity index (χ3v) is 3.42. The minimum atomic E-state index is -0.0656. The Hall–Kier alpha value is -1.26. The van der Waals surface area contributed by atoms with Gasteiger partial charge in [-0.15, -0.1) is 12.4 Å². The molecule has 1 aliphatic rings. The van der Waals surface area contributed by atoms with Crippen LogP contribution in [0, 0.1) is 5.92 Å². The zero-order valence-electron chi connectivity index (χ0n) is 10.9. The Labute approximate surface area is 120 Å². The third kappa shape index (κ3) is 4.73. The van der Waals surface area contributed by atoms with Crippen molar-refractivity contribution in [1.82, 2.24) is 5.32 Å². The summed E-state index contributed by atoms with van der Waals surface area (Å²) in [5.74, 6) is 1.07. The molecule has 2 atom stereocenters. The van der Waals surface area contributed by atoms with E-state index in [1.54, 1.807) is 0 Å². The molecule has 106 valence electrons. The average molecular weight is 285 g/mol. The molecule has 4 nitrogen and oxygen atoms in total. The average Bonchev–Trinajstić information content (AvgIpc) is 2.85. The monoisotopic (exact) mass is 284 g/mol. The molecule has 0 saturated heterocycles. The SMILES string of the molecule is Cl.NCC1CCCC1NC(=O)COc1ccccc1. The van der Waals surface area contributed by atoms with Gasteiger partial charge in [-0.25, -0.2) is 0 Å². The number of nitrogens with two attached hydrogens (primary N) is 1. The lowest BCUT2D eigenvalue weighted by atomic mass is 10.0. The Bertz CT molecular complexity index is 386. The Kier molecular flexibility index (Phi) is 6.67. The van der Waals surface area contributed by atoms with Gasteiger partial charge in [0.05, 0.1) is 0 Å². The maximum atomic E-state index is 11.8. The van der Waals surface area contributed by atoms with Crippen molar-refractivity contribution >= 4 is 18.3 Å². The lowest BCUT2D eigenvalue weighted by molar-refractivity contribution is -0.124. The molecule has 0 bridgehead atoms. The summed E-state index contributed by atoms with van der Waals surface area (Å²) in [6.45, 7) is 0.711. The quantitative estimate of drug-likeness (QED) is 0.865. The number of para-hydroxylation sites is 1. The van der Waals surface area contributed by atoms with Gasteiger partial charge in [0.25, 0.3) is 5.91 Å². The maximum Gasteiger partial charge on any atom is 0.258 e. The van der Waals surface area contributed by atoms with Gasteiger partial charge >= 0.3 is 0 Å². The van der Waals surface area contributed by atoms with Crippen LogP contribution in [0.25, 0.3) is 0 Å². The highest BCUT2D eigenvalue weighted by Crippen LogP contribution is 2.24. The van der Waals surface area contributed by atoms with Crippen LogP contribution in [0.15, 0.2) is 30.3 Å². The Morgan fingerprint density at radius 2 is 2.05 bits per heavy atom. The van der Waals surface area contributed by atoms with Gasteiger partial charge < -0.3 is 15.8 Å². The van der Waals surface area contributed by atoms with E-state index in [9.17, 15) is 4.79 Å². The molecule has 1 fully saturated rings. The number of nitrogens with one attached hydrogen (secondary N) is 1. The second kappa shape index (κ2) is 8.02. The predicted molar refractivity (Wildman–Crippen MR) is 77.5 cm³/mol. The van der Waals surface area contributed by atoms with Gasteiger partial charge in [0.15, 0.2) is 6.61 Å². The zero-order valence-corrected chi connectivity index (χ0v) is 11.7. The highest BCUT2D eigenvalue weighted by Gasteiger charge is 2.27. The van der Waals surface area contributed by atoms with Crippen LogP contribution in [-0.4, -0.2) is 25.1 Å². The van der Waals surface area contributed by atoms with Gasteiger partial charge in [0.1, 0.15) is 5.75 Å². The first-order chi connectivity index (χ1) is 8.79. The fraction of sp³-hybridized carbons (Fsp3) is 0.500. The standard InChI is InChI=1S/C14H20N2O2.ClH/c15-9-11-5-4-8-13(11)16-14(17)10-18-12-6-2-1-3-7-12;/h1-3,6-7,11,13H,4-5,8-10,15H2,(H,16,17);1H. The molecule has 1 aromatic rings. The Morgan fingerprint density at radius 1 is 1.32 bits per heavy atom. The molecule has 0 aliphatic heterocycles. The molecule has 2 rings (SSSR count). The molecule has 1 saturated carbocycles. The molecule has 3 N–H and O–H groups in total. The van der Waals surface area contributed by atoms with Crippen LogP contribution in [0.5, 0.6) is 5.75 Å². The summed E-state index contributed by atoms with van der Waals surface area (Å²) in [7, 11) is 0. The molecule has 19 heavy (non-hydrogen) atoms. The first-order valence-corrected chi connectivity index (χ1v) is 6.47. The summed E-state index contributed by atoms with van der Waals surface area (Å²) in [5.41, 5.74) is 5.68. The number of carbonyl (C=O) groups is 1. The third-order valence-electron chi connectivity index (χ3n) is 3.42. The number of halogens is 1. The largest absolute Gasteiger partial charge is 0.484 e. The van der Waals surface area contributed by atoms with Crippen LogP contribution in [0.1, 0.15) is 19.3 Å². The number of benzene rings is 1. The fourth-order valence-electron chi connectivity index (χ4n) is 2.42. The number of amides is 1. The van der Waals surface area contributed by atoms with Crippen molar-refractivity contribution in [3.63, 3.8) is 0 Å². The molecule has 2 unspecified atom stereocenters. The molecule has 5 heteroatoms. The first-order valence-electron chi connectivity index (χ1n) is 6.47. The molecular formula is C14H21ClN2O2. The summed E-state index contributed by atoms with van der Waals surface area (Å²) in [4.78, 5) is 11.8. The summed E-state index contributed by atoms with van der Waals surface area (Å²) in [6, 6.07) is 9.58. The Balaban J connectivity index is 0.00000180. The number of hydrogen-bond donors (Lipinski definition) is 2. The van der Waals surface area contributed by atoms with Crippen LogP contribution in [0.4, 0.5) is 0 Å². The molecule has 0 aromatic heterocycles. The van der Waals surface area contributed by atoms with Crippen molar-refractivity contribution in [3.8, 4) is 5.75 Å². The van der Waals surface area contributed by atoms with Crippen LogP contribution < -0.4 is 15.8 Å². The molecular weight excluding hydrogens is 264 g/mol. The van der Waals surface area contributed by atoms with Gasteiger partial charge in [0.2, 0.25) is 0 Å². The number of carbonyl (C=O) groups excluding carboxylic acids is 1. The van der Waals surface area contributed by atoms with E-state index in [2.05, 4.69) is 5.32 Å². The summed E-state index contributed by atoms with van der Waals surface area (Å²) in [6.07, 6.45) is 3.28. The van der Waals surface area contributed by atoms with Crippen molar-refractivity contribution in [3.05, 3.63) is 30.3 Å². The van der Waals surface area contributed by atoms with Crippen molar-refractivity contribution in [2.24, 2.45) is 11.7 Å². The van der Waals surface area contributed by atoms with Gasteiger partial charge in [-0.05, 0) is 37.4 Å². The highest BCUT2D eigenvalue weighted by molar-refractivity contribution is 5.85. The highest BCUT2D eigenvalue weighted by atomic mass is 35.5. The number of ether oxygens (including phenoxy) is 1. The van der Waals surface area contributed by atoms with Crippen molar-refractivity contribution in [2.45, 2.75) is 25.3 Å². The lowest BCUT2D eigenvalue weighted by Gasteiger charge is -2.19. The van der Waals surface area contributed by atoms with E-state index in [0.29, 0.717) is 12.5 Å². The van der Waals surface area contributed by atoms with E-state index in [1.165, 1.54) is 0 Å². The van der Waals surface area contributed by atoms with Gasteiger partial charge in [0, 0.05) is 6.04 Å². The van der Waals surface area contributed by atoms with E-state index in [-0.39, 0.29) is 31.0 Å². The minimum Gasteiger partial charge on any atom is -0.484 e. The number of rotatable bonds is 5. The second-order valence-electron chi connectivity index (χ2n) is 4.70. The van der Waals surface area contributed by atoms with Gasteiger partial charge in [-0.2, -0.15) is 0 Å². The normalized spacial score (nSPS) is 21.5. The zero-order chi connectivity index (χ0) is 12.8. The molecule has 1 aromatic carbocycles. The predicted octanol–water partition coefficient (Wildman–Crippen LogP) is 1.73. The van der Waals surface area contributed by atoms with E-state index in [4.69, 9.17) is 10.5 Å². The Morgan fingerprint density at radius 3 is 2.74 bits per heavy atom. The molecule has 0 heterocycles. The van der Waals surface area contributed by atoms with Gasteiger partial charge in [-0.3, -0.25) is 4.79 Å². The minimum absolute atomic E-state index is 0. The van der Waals surface area contributed by atoms with Crippen molar-refractivity contribution in [1.29, 1.82) is 0 Å². The topological polar surface area (TPSA) is 64.3 Å². The van der Waals surface area contributed by atoms with Gasteiger partial charge in [-0.1, -0.05) is 24.6 Å². The van der Waals surface area contributed by atoms with Crippen LogP contribution in [-0.2, 0) is 4.79 Å². The molecule has 0 radical (unpaired) electrons. The summed E-state index contributed by atoms with van der Waals surface area (Å²) >= 11 is 0. The summed E-state index contributed by atoms with van der Waals surface area (Å²) < 4.78 is 5.40. The smallest absolute Gasteiger partial charge is 0.258 e. The van der Waals surface area contributed by atoms with Crippen molar-refractivity contribution < 1.29 is 9.53 Å². The molecule has 0 spiro atoms. The summed E-state index contributed by atoms with van der Waals surface area (Å²) in [5, 5.41) is 3.01. The molecule has 1 aliphatic carbocycles. The van der Waals surface area contributed by atoms with Crippen molar-refractivity contribution in [2.75, 3.05) is 13.2 Å². The molecule has 1 amide bonds. The lowest BCUT2D eigenvalue weighted by Crippen LogP contribution is -2.42. The van der Waals surface area contributed by atoms with E-state index < -0.39 is 0 Å². The first kappa shape index (κ1) is 15.8. The van der Waals surface area contributed by atoms with Crippen LogP contribution in [0.2, 0.25) is 0 Å². The second-order valence-corrected chi connectivity index (χ2v) is 4.70. The fourth-order valence-corrected chi connectivity index (χ4v) is 2.42. The number of hydrogen-bond acceptors (Lipinski definition) is 3.